The molecule has 1 N–H and O–H groups in total. The standard InChI is InChI=1S/C21H30N2O/c1-3-14-24-21-12-11-17-8-5-6-10-19(17)20(21)16-22-15-18-9-7-13-23(18)4-2/h5-6,8,10-12,18,22H,3-4,7,9,13-16H2,1-2H3/t18-/m1/s1. The predicted molar refractivity (Wildman–Crippen MR) is 102 cm³/mol. The van der Waals surface area contributed by atoms with Crippen molar-refractivity contribution in [1.82, 2.24) is 10.2 Å². The van der Waals surface area contributed by atoms with E-state index in [0.29, 0.717) is 6.04 Å². The highest BCUT2D eigenvalue weighted by Crippen LogP contribution is 2.28. The van der Waals surface area contributed by atoms with Gasteiger partial charge in [-0.2, -0.15) is 0 Å². The molecule has 0 spiro atoms. The van der Waals surface area contributed by atoms with Crippen molar-refractivity contribution in [1.29, 1.82) is 0 Å². The lowest BCUT2D eigenvalue weighted by Gasteiger charge is -2.23. The Morgan fingerprint density at radius 2 is 2.04 bits per heavy atom. The first-order chi connectivity index (χ1) is 11.8. The van der Waals surface area contributed by atoms with Crippen molar-refractivity contribution >= 4 is 10.8 Å². The molecule has 1 saturated heterocycles. The molecule has 0 bridgehead atoms. The van der Waals surface area contributed by atoms with Crippen molar-refractivity contribution in [2.75, 3.05) is 26.2 Å². The van der Waals surface area contributed by atoms with Gasteiger partial charge in [-0.05, 0) is 49.2 Å². The number of benzene rings is 2. The summed E-state index contributed by atoms with van der Waals surface area (Å²) >= 11 is 0. The smallest absolute Gasteiger partial charge is 0.124 e. The van der Waals surface area contributed by atoms with Crippen LogP contribution in [0.1, 0.15) is 38.7 Å². The Balaban J connectivity index is 1.73. The van der Waals surface area contributed by atoms with Gasteiger partial charge in [0.15, 0.2) is 0 Å². The van der Waals surface area contributed by atoms with E-state index in [1.807, 2.05) is 0 Å². The largest absolute Gasteiger partial charge is 0.493 e. The van der Waals surface area contributed by atoms with Crippen LogP contribution >= 0.6 is 0 Å². The van der Waals surface area contributed by atoms with Crippen LogP contribution in [0, 0.1) is 0 Å². The quantitative estimate of drug-likeness (QED) is 0.787. The third-order valence-corrected chi connectivity index (χ3v) is 5.05. The molecule has 1 atom stereocenters. The number of hydrogen-bond acceptors (Lipinski definition) is 3. The van der Waals surface area contributed by atoms with E-state index in [1.165, 1.54) is 35.7 Å². The van der Waals surface area contributed by atoms with Crippen LogP contribution in [0.25, 0.3) is 10.8 Å². The first kappa shape index (κ1) is 17.2. The molecule has 0 saturated carbocycles. The molecule has 1 aliphatic rings. The molecule has 1 heterocycles. The summed E-state index contributed by atoms with van der Waals surface area (Å²) in [6.07, 6.45) is 3.68. The monoisotopic (exact) mass is 326 g/mol. The fourth-order valence-corrected chi connectivity index (χ4v) is 3.75. The van der Waals surface area contributed by atoms with E-state index in [2.05, 4.69) is 60.5 Å². The highest BCUT2D eigenvalue weighted by atomic mass is 16.5. The van der Waals surface area contributed by atoms with Gasteiger partial charge in [-0.25, -0.2) is 0 Å². The number of likely N-dealkylation sites (tertiary alicyclic amines) is 1. The summed E-state index contributed by atoms with van der Waals surface area (Å²) in [7, 11) is 0. The van der Waals surface area contributed by atoms with Gasteiger partial charge in [0, 0.05) is 24.7 Å². The van der Waals surface area contributed by atoms with Crippen molar-refractivity contribution in [3.63, 3.8) is 0 Å². The van der Waals surface area contributed by atoms with Gasteiger partial charge in [-0.1, -0.05) is 44.2 Å². The van der Waals surface area contributed by atoms with Crippen molar-refractivity contribution < 1.29 is 4.74 Å². The van der Waals surface area contributed by atoms with Gasteiger partial charge >= 0.3 is 0 Å². The average molecular weight is 326 g/mol. The molecule has 0 aromatic heterocycles. The van der Waals surface area contributed by atoms with Gasteiger partial charge in [0.2, 0.25) is 0 Å². The molecule has 0 unspecified atom stereocenters. The van der Waals surface area contributed by atoms with E-state index in [-0.39, 0.29) is 0 Å². The Bertz CT molecular complexity index is 655. The highest BCUT2D eigenvalue weighted by Gasteiger charge is 2.22. The number of rotatable bonds is 8. The first-order valence-corrected chi connectivity index (χ1v) is 9.41. The molecule has 3 rings (SSSR count). The van der Waals surface area contributed by atoms with Crippen molar-refractivity contribution in [3.05, 3.63) is 42.0 Å². The van der Waals surface area contributed by atoms with Crippen LogP contribution < -0.4 is 10.1 Å². The van der Waals surface area contributed by atoms with Crippen LogP contribution in [0.5, 0.6) is 5.75 Å². The molecule has 3 nitrogen and oxygen atoms in total. The van der Waals surface area contributed by atoms with Crippen LogP contribution in [0.15, 0.2) is 36.4 Å². The maximum atomic E-state index is 6.01. The second-order valence-electron chi connectivity index (χ2n) is 6.67. The van der Waals surface area contributed by atoms with Crippen LogP contribution in [-0.2, 0) is 6.54 Å². The zero-order valence-corrected chi connectivity index (χ0v) is 15.1. The number of fused-ring (bicyclic) bond motifs is 1. The highest BCUT2D eigenvalue weighted by molar-refractivity contribution is 5.87. The van der Waals surface area contributed by atoms with Gasteiger partial charge in [0.05, 0.1) is 6.61 Å². The summed E-state index contributed by atoms with van der Waals surface area (Å²) < 4.78 is 6.01. The lowest BCUT2D eigenvalue weighted by atomic mass is 10.0. The molecule has 24 heavy (non-hydrogen) atoms. The molecule has 2 aromatic carbocycles. The third-order valence-electron chi connectivity index (χ3n) is 5.05. The SMILES string of the molecule is CCCOc1ccc2ccccc2c1CNC[C@H]1CCCN1CC. The van der Waals surface area contributed by atoms with Crippen molar-refractivity contribution in [2.45, 2.75) is 45.7 Å². The molecule has 1 aliphatic heterocycles. The summed E-state index contributed by atoms with van der Waals surface area (Å²) in [5.74, 6) is 1.03. The number of nitrogens with one attached hydrogen (secondary N) is 1. The number of likely N-dealkylation sites (N-methyl/N-ethyl adjacent to an activating group) is 1. The fourth-order valence-electron chi connectivity index (χ4n) is 3.75. The lowest BCUT2D eigenvalue weighted by Crippen LogP contribution is -2.37. The third kappa shape index (κ3) is 3.90. The summed E-state index contributed by atoms with van der Waals surface area (Å²) in [4.78, 5) is 2.59. The van der Waals surface area contributed by atoms with Gasteiger partial charge < -0.3 is 10.1 Å². The number of nitrogens with zero attached hydrogens (tertiary/aromatic N) is 1. The minimum absolute atomic E-state index is 0.685. The van der Waals surface area contributed by atoms with Crippen LogP contribution in [0.2, 0.25) is 0 Å². The van der Waals surface area contributed by atoms with E-state index in [4.69, 9.17) is 4.74 Å². The summed E-state index contributed by atoms with van der Waals surface area (Å²) in [5, 5.41) is 6.28. The molecular formula is C21H30N2O. The lowest BCUT2D eigenvalue weighted by molar-refractivity contribution is 0.259. The number of hydrogen-bond donors (Lipinski definition) is 1. The van der Waals surface area contributed by atoms with Gasteiger partial charge in [-0.15, -0.1) is 0 Å². The Morgan fingerprint density at radius 3 is 2.88 bits per heavy atom. The van der Waals surface area contributed by atoms with Crippen LogP contribution in [0.3, 0.4) is 0 Å². The topological polar surface area (TPSA) is 24.5 Å². The Kier molecular flexibility index (Phi) is 6.11. The normalized spacial score (nSPS) is 18.3. The molecular weight excluding hydrogens is 296 g/mol. The zero-order valence-electron chi connectivity index (χ0n) is 15.1. The zero-order chi connectivity index (χ0) is 16.8. The molecule has 3 heteroatoms. The van der Waals surface area contributed by atoms with Gasteiger partial charge in [0.1, 0.15) is 5.75 Å². The molecule has 0 radical (unpaired) electrons. The Morgan fingerprint density at radius 1 is 1.17 bits per heavy atom. The van der Waals surface area contributed by atoms with E-state index in [0.717, 1.165) is 38.4 Å². The van der Waals surface area contributed by atoms with Crippen molar-refractivity contribution in [3.8, 4) is 5.75 Å². The van der Waals surface area contributed by atoms with Gasteiger partial charge in [0.25, 0.3) is 0 Å². The molecule has 1 fully saturated rings. The Hall–Kier alpha value is -1.58. The second-order valence-corrected chi connectivity index (χ2v) is 6.67. The maximum Gasteiger partial charge on any atom is 0.124 e. The Labute approximate surface area is 146 Å². The van der Waals surface area contributed by atoms with Crippen LogP contribution in [-0.4, -0.2) is 37.2 Å². The minimum atomic E-state index is 0.685. The summed E-state index contributed by atoms with van der Waals surface area (Å²) in [5.41, 5.74) is 1.29. The molecule has 0 amide bonds. The molecule has 0 aliphatic carbocycles. The first-order valence-electron chi connectivity index (χ1n) is 9.41. The average Bonchev–Trinajstić information content (AvgIpc) is 3.08. The van der Waals surface area contributed by atoms with E-state index < -0.39 is 0 Å². The summed E-state index contributed by atoms with van der Waals surface area (Å²) in [6, 6.07) is 13.6. The minimum Gasteiger partial charge on any atom is -0.493 e. The van der Waals surface area contributed by atoms with Crippen molar-refractivity contribution in [2.24, 2.45) is 0 Å². The van der Waals surface area contributed by atoms with Crippen LogP contribution in [0.4, 0.5) is 0 Å². The number of ether oxygens (including phenoxy) is 1. The summed E-state index contributed by atoms with van der Waals surface area (Å²) in [6.45, 7) is 9.53. The van der Waals surface area contributed by atoms with E-state index in [9.17, 15) is 0 Å². The predicted octanol–water partition coefficient (Wildman–Crippen LogP) is 4.20. The molecule has 2 aromatic rings. The second kappa shape index (κ2) is 8.50. The van der Waals surface area contributed by atoms with Gasteiger partial charge in [-0.3, -0.25) is 4.90 Å². The van der Waals surface area contributed by atoms with E-state index in [1.54, 1.807) is 0 Å². The maximum absolute atomic E-state index is 6.01. The fraction of sp³-hybridized carbons (Fsp3) is 0.524. The van der Waals surface area contributed by atoms with E-state index >= 15 is 0 Å². The molecule has 130 valence electrons.